The maximum absolute atomic E-state index is 11.3. The minimum absolute atomic E-state index is 0.220. The first-order valence-corrected chi connectivity index (χ1v) is 4.46. The van der Waals surface area contributed by atoms with Gasteiger partial charge in [-0.25, -0.2) is 0 Å². The molecule has 0 aliphatic carbocycles. The van der Waals surface area contributed by atoms with Gasteiger partial charge in [0.05, 0.1) is 18.9 Å². The van der Waals surface area contributed by atoms with Crippen LogP contribution in [0.1, 0.15) is 12.8 Å². The fourth-order valence-electron chi connectivity index (χ4n) is 1.06. The third kappa shape index (κ3) is 4.05. The summed E-state index contributed by atoms with van der Waals surface area (Å²) in [7, 11) is 0. The first-order chi connectivity index (χ1) is 7.22. The van der Waals surface area contributed by atoms with E-state index < -0.39 is 0 Å². The first kappa shape index (κ1) is 10.9. The normalized spacial score (nSPS) is 9.00. The number of nitriles is 1. The van der Waals surface area contributed by atoms with E-state index in [1.165, 1.54) is 0 Å². The van der Waals surface area contributed by atoms with Crippen molar-refractivity contribution in [3.8, 4) is 6.07 Å². The Morgan fingerprint density at radius 1 is 1.27 bits per heavy atom. The standard InChI is InChI=1S/C11H10N2O2/c12-7-6-10(14)8-11(15)13-9-4-2-1-3-5-9/h1-5H,6,8H2,(H,13,15). The summed E-state index contributed by atoms with van der Waals surface area (Å²) in [5, 5.41) is 10.8. The molecule has 0 spiro atoms. The number of hydrogen-bond donors (Lipinski definition) is 1. The Bertz CT molecular complexity index is 393. The predicted octanol–water partition coefficient (Wildman–Crippen LogP) is 1.50. The molecular formula is C11H10N2O2. The van der Waals surface area contributed by atoms with Gasteiger partial charge in [-0.15, -0.1) is 0 Å². The highest BCUT2D eigenvalue weighted by molar-refractivity contribution is 6.04. The lowest BCUT2D eigenvalue weighted by Gasteiger charge is -2.02. The second-order valence-corrected chi connectivity index (χ2v) is 2.96. The maximum atomic E-state index is 11.3. The minimum Gasteiger partial charge on any atom is -0.326 e. The van der Waals surface area contributed by atoms with Gasteiger partial charge in [0.2, 0.25) is 5.91 Å². The van der Waals surface area contributed by atoms with Crippen LogP contribution in [0.3, 0.4) is 0 Å². The number of carbonyl (C=O) groups excluding carboxylic acids is 2. The number of carbonyl (C=O) groups is 2. The van der Waals surface area contributed by atoms with Crippen LogP contribution in [0.2, 0.25) is 0 Å². The number of ketones is 1. The molecule has 0 unspecified atom stereocenters. The number of hydrogen-bond acceptors (Lipinski definition) is 3. The van der Waals surface area contributed by atoms with Crippen LogP contribution in [-0.4, -0.2) is 11.7 Å². The molecule has 4 nitrogen and oxygen atoms in total. The predicted molar refractivity (Wildman–Crippen MR) is 54.9 cm³/mol. The molecule has 1 aromatic carbocycles. The lowest BCUT2D eigenvalue weighted by molar-refractivity contribution is -0.124. The van der Waals surface area contributed by atoms with Crippen LogP contribution in [0.4, 0.5) is 5.69 Å². The molecule has 1 aromatic rings. The van der Waals surface area contributed by atoms with E-state index in [-0.39, 0.29) is 24.5 Å². The van der Waals surface area contributed by atoms with Gasteiger partial charge in [-0.05, 0) is 12.1 Å². The average Bonchev–Trinajstić information content (AvgIpc) is 2.19. The van der Waals surface area contributed by atoms with E-state index in [2.05, 4.69) is 5.32 Å². The third-order valence-corrected chi connectivity index (χ3v) is 1.69. The number of nitrogens with zero attached hydrogens (tertiary/aromatic N) is 1. The molecule has 0 saturated heterocycles. The molecule has 0 fully saturated rings. The number of nitrogens with one attached hydrogen (secondary N) is 1. The fraction of sp³-hybridized carbons (Fsp3) is 0.182. The van der Waals surface area contributed by atoms with Crippen LogP contribution >= 0.6 is 0 Å². The second kappa shape index (κ2) is 5.55. The largest absolute Gasteiger partial charge is 0.326 e. The topological polar surface area (TPSA) is 70.0 Å². The summed E-state index contributed by atoms with van der Waals surface area (Å²) in [6.45, 7) is 0. The molecule has 15 heavy (non-hydrogen) atoms. The zero-order valence-corrected chi connectivity index (χ0v) is 8.06. The minimum atomic E-state index is -0.388. The van der Waals surface area contributed by atoms with Gasteiger partial charge in [0.25, 0.3) is 0 Å². The summed E-state index contributed by atoms with van der Waals surface area (Å²) in [6.07, 6.45) is -0.468. The van der Waals surface area contributed by atoms with Crippen molar-refractivity contribution in [2.45, 2.75) is 12.8 Å². The Morgan fingerprint density at radius 2 is 1.93 bits per heavy atom. The smallest absolute Gasteiger partial charge is 0.231 e. The van der Waals surface area contributed by atoms with Gasteiger partial charge in [0, 0.05) is 5.69 Å². The lowest BCUT2D eigenvalue weighted by Crippen LogP contribution is -2.15. The summed E-state index contributed by atoms with van der Waals surface area (Å²) in [6, 6.07) is 10.6. The number of anilines is 1. The summed E-state index contributed by atoms with van der Waals surface area (Å²) in [5.74, 6) is -0.757. The highest BCUT2D eigenvalue weighted by atomic mass is 16.2. The lowest BCUT2D eigenvalue weighted by atomic mass is 10.2. The van der Waals surface area contributed by atoms with Gasteiger partial charge in [-0.1, -0.05) is 18.2 Å². The SMILES string of the molecule is N#CCC(=O)CC(=O)Nc1ccccc1. The Labute approximate surface area is 87.5 Å². The third-order valence-electron chi connectivity index (χ3n) is 1.69. The Hall–Kier alpha value is -2.15. The Morgan fingerprint density at radius 3 is 2.53 bits per heavy atom. The molecule has 1 rings (SSSR count). The summed E-state index contributed by atoms with van der Waals surface area (Å²) in [4.78, 5) is 22.2. The van der Waals surface area contributed by atoms with Gasteiger partial charge in [-0.2, -0.15) is 5.26 Å². The van der Waals surface area contributed by atoms with Crippen molar-refractivity contribution < 1.29 is 9.59 Å². The maximum Gasteiger partial charge on any atom is 0.231 e. The van der Waals surface area contributed by atoms with Crippen LogP contribution in [0.5, 0.6) is 0 Å². The monoisotopic (exact) mass is 202 g/mol. The van der Waals surface area contributed by atoms with Crippen LogP contribution < -0.4 is 5.32 Å². The van der Waals surface area contributed by atoms with Crippen molar-refractivity contribution in [3.05, 3.63) is 30.3 Å². The van der Waals surface area contributed by atoms with E-state index in [4.69, 9.17) is 5.26 Å². The molecule has 76 valence electrons. The van der Waals surface area contributed by atoms with Crippen molar-refractivity contribution in [1.29, 1.82) is 5.26 Å². The van der Waals surface area contributed by atoms with Gasteiger partial charge in [-0.3, -0.25) is 9.59 Å². The highest BCUT2D eigenvalue weighted by Gasteiger charge is 2.08. The number of rotatable bonds is 4. The molecule has 0 bridgehead atoms. The summed E-state index contributed by atoms with van der Waals surface area (Å²) >= 11 is 0. The molecule has 1 N–H and O–H groups in total. The number of Topliss-reactive ketones (excluding diaryl/α,β-unsaturated/α-hetero) is 1. The van der Waals surface area contributed by atoms with Crippen molar-refractivity contribution >= 4 is 17.4 Å². The second-order valence-electron chi connectivity index (χ2n) is 2.96. The molecule has 0 saturated carbocycles. The van der Waals surface area contributed by atoms with E-state index >= 15 is 0 Å². The summed E-state index contributed by atoms with van der Waals surface area (Å²) in [5.41, 5.74) is 0.646. The van der Waals surface area contributed by atoms with Crippen molar-refractivity contribution in [2.75, 3.05) is 5.32 Å². The zero-order chi connectivity index (χ0) is 11.1. The van der Waals surface area contributed by atoms with Crippen molar-refractivity contribution in [1.82, 2.24) is 0 Å². The highest BCUT2D eigenvalue weighted by Crippen LogP contribution is 2.05. The molecule has 0 aliphatic heterocycles. The van der Waals surface area contributed by atoms with Gasteiger partial charge >= 0.3 is 0 Å². The molecule has 0 atom stereocenters. The first-order valence-electron chi connectivity index (χ1n) is 4.46. The van der Waals surface area contributed by atoms with Crippen molar-refractivity contribution in [3.63, 3.8) is 0 Å². The fourth-order valence-corrected chi connectivity index (χ4v) is 1.06. The van der Waals surface area contributed by atoms with E-state index in [0.717, 1.165) is 0 Å². The van der Waals surface area contributed by atoms with Crippen LogP contribution in [0.15, 0.2) is 30.3 Å². The van der Waals surface area contributed by atoms with Crippen LogP contribution in [0.25, 0.3) is 0 Å². The molecule has 0 heterocycles. The number of benzene rings is 1. The van der Waals surface area contributed by atoms with Gasteiger partial charge in [0.15, 0.2) is 5.78 Å². The average molecular weight is 202 g/mol. The van der Waals surface area contributed by atoms with Crippen LogP contribution in [0, 0.1) is 11.3 Å². The molecular weight excluding hydrogens is 192 g/mol. The number of amides is 1. The summed E-state index contributed by atoms with van der Waals surface area (Å²) < 4.78 is 0. The van der Waals surface area contributed by atoms with Crippen molar-refractivity contribution in [2.24, 2.45) is 0 Å². The molecule has 0 aliphatic rings. The molecule has 4 heteroatoms. The Balaban J connectivity index is 2.44. The van der Waals surface area contributed by atoms with Gasteiger partial charge < -0.3 is 5.32 Å². The zero-order valence-electron chi connectivity index (χ0n) is 8.06. The van der Waals surface area contributed by atoms with E-state index in [9.17, 15) is 9.59 Å². The van der Waals surface area contributed by atoms with E-state index in [1.807, 2.05) is 6.07 Å². The molecule has 0 aromatic heterocycles. The van der Waals surface area contributed by atoms with E-state index in [0.29, 0.717) is 5.69 Å². The molecule has 1 amide bonds. The molecule has 0 radical (unpaired) electrons. The quantitative estimate of drug-likeness (QED) is 0.752. The van der Waals surface area contributed by atoms with Gasteiger partial charge in [0.1, 0.15) is 0 Å². The number of para-hydroxylation sites is 1. The Kier molecular flexibility index (Phi) is 4.05. The van der Waals surface area contributed by atoms with E-state index in [1.54, 1.807) is 30.3 Å². The van der Waals surface area contributed by atoms with Crippen LogP contribution in [-0.2, 0) is 9.59 Å².